The van der Waals surface area contributed by atoms with E-state index in [9.17, 15) is 4.79 Å². The highest BCUT2D eigenvalue weighted by Crippen LogP contribution is 2.11. The fourth-order valence-corrected chi connectivity index (χ4v) is 0.963. The zero-order valence-corrected chi connectivity index (χ0v) is 6.95. The number of nitrogens with zero attached hydrogens (tertiary/aromatic N) is 1. The van der Waals surface area contributed by atoms with Crippen LogP contribution in [-0.2, 0) is 4.79 Å². The lowest BCUT2D eigenvalue weighted by atomic mass is 10.2. The molecule has 0 atom stereocenters. The second-order valence-corrected chi connectivity index (χ2v) is 2.53. The summed E-state index contributed by atoms with van der Waals surface area (Å²) in [5, 5.41) is 0.659. The van der Waals surface area contributed by atoms with Crippen molar-refractivity contribution in [1.29, 1.82) is 0 Å². The van der Waals surface area contributed by atoms with Gasteiger partial charge in [-0.1, -0.05) is 23.7 Å². The maximum Gasteiger partial charge on any atom is 0.239 e. The van der Waals surface area contributed by atoms with Gasteiger partial charge in [-0.3, -0.25) is 0 Å². The Balaban J connectivity index is 2.82. The first-order valence-electron chi connectivity index (χ1n) is 3.32. The molecule has 1 aromatic carbocycles. The molecule has 0 unspecified atom stereocenters. The van der Waals surface area contributed by atoms with Gasteiger partial charge in [-0.25, -0.2) is 4.79 Å². The Bertz CT molecular complexity index is 340. The van der Waals surface area contributed by atoms with E-state index in [0.717, 1.165) is 5.56 Å². The van der Waals surface area contributed by atoms with Crippen molar-refractivity contribution >= 4 is 23.8 Å². The molecule has 0 aliphatic rings. The standard InChI is InChI=1S/C9H6ClNO/c10-9-3-1-2-8(6-9)4-5-11-7-12/h1-6H/b5-4-. The molecular weight excluding hydrogens is 174 g/mol. The van der Waals surface area contributed by atoms with E-state index in [1.165, 1.54) is 12.3 Å². The van der Waals surface area contributed by atoms with Gasteiger partial charge in [-0.05, 0) is 23.8 Å². The van der Waals surface area contributed by atoms with Gasteiger partial charge < -0.3 is 0 Å². The first-order chi connectivity index (χ1) is 5.83. The monoisotopic (exact) mass is 179 g/mol. The molecule has 0 fully saturated rings. The third-order valence-corrected chi connectivity index (χ3v) is 1.48. The van der Waals surface area contributed by atoms with Crippen LogP contribution in [0.1, 0.15) is 5.56 Å². The number of aliphatic imine (C=N–C) groups is 1. The largest absolute Gasteiger partial charge is 0.239 e. The van der Waals surface area contributed by atoms with Gasteiger partial charge in [0.25, 0.3) is 0 Å². The third kappa shape index (κ3) is 2.70. The first kappa shape index (κ1) is 8.72. The Kier molecular flexibility index (Phi) is 3.27. The first-order valence-corrected chi connectivity index (χ1v) is 3.70. The maximum absolute atomic E-state index is 9.69. The highest BCUT2D eigenvalue weighted by molar-refractivity contribution is 6.30. The lowest BCUT2D eigenvalue weighted by Crippen LogP contribution is -1.69. The molecule has 0 spiro atoms. The molecule has 0 aliphatic carbocycles. The average molecular weight is 180 g/mol. The van der Waals surface area contributed by atoms with E-state index >= 15 is 0 Å². The SMILES string of the molecule is O=C=N/C=C\c1cccc(Cl)c1. The van der Waals surface area contributed by atoms with Crippen LogP contribution in [0.4, 0.5) is 0 Å². The lowest BCUT2D eigenvalue weighted by Gasteiger charge is -1.91. The third-order valence-electron chi connectivity index (χ3n) is 1.24. The molecule has 2 nitrogen and oxygen atoms in total. The van der Waals surface area contributed by atoms with Gasteiger partial charge in [-0.15, -0.1) is 0 Å². The fraction of sp³-hybridized carbons (Fsp3) is 0. The zero-order valence-electron chi connectivity index (χ0n) is 6.20. The van der Waals surface area contributed by atoms with Crippen molar-refractivity contribution in [1.82, 2.24) is 0 Å². The molecule has 3 heteroatoms. The van der Waals surface area contributed by atoms with Gasteiger partial charge in [-0.2, -0.15) is 4.99 Å². The summed E-state index contributed by atoms with van der Waals surface area (Å²) in [6.07, 6.45) is 4.46. The van der Waals surface area contributed by atoms with E-state index in [-0.39, 0.29) is 0 Å². The minimum atomic E-state index is 0.659. The van der Waals surface area contributed by atoms with Gasteiger partial charge in [0.15, 0.2) is 0 Å². The van der Waals surface area contributed by atoms with Crippen LogP contribution >= 0.6 is 11.6 Å². The topological polar surface area (TPSA) is 29.4 Å². The molecular formula is C9H6ClNO. The average Bonchev–Trinajstić information content (AvgIpc) is 2.05. The van der Waals surface area contributed by atoms with Crippen molar-refractivity contribution in [3.63, 3.8) is 0 Å². The van der Waals surface area contributed by atoms with E-state index in [4.69, 9.17) is 11.6 Å². The highest BCUT2D eigenvalue weighted by atomic mass is 35.5. The van der Waals surface area contributed by atoms with Crippen LogP contribution in [0.2, 0.25) is 5.02 Å². The Morgan fingerprint density at radius 3 is 3.00 bits per heavy atom. The van der Waals surface area contributed by atoms with Crippen LogP contribution in [0.3, 0.4) is 0 Å². The molecule has 1 rings (SSSR count). The van der Waals surface area contributed by atoms with Crippen molar-refractivity contribution in [2.24, 2.45) is 4.99 Å². The molecule has 0 aliphatic heterocycles. The Morgan fingerprint density at radius 2 is 2.33 bits per heavy atom. The van der Waals surface area contributed by atoms with Crippen LogP contribution in [0.25, 0.3) is 6.08 Å². The van der Waals surface area contributed by atoms with Crippen molar-refractivity contribution in [2.45, 2.75) is 0 Å². The molecule has 12 heavy (non-hydrogen) atoms. The van der Waals surface area contributed by atoms with Crippen molar-refractivity contribution in [3.05, 3.63) is 41.1 Å². The molecule has 0 N–H and O–H groups in total. The second kappa shape index (κ2) is 4.50. The molecule has 0 saturated heterocycles. The second-order valence-electron chi connectivity index (χ2n) is 2.09. The predicted octanol–water partition coefficient (Wildman–Crippen LogP) is 2.65. The summed E-state index contributed by atoms with van der Waals surface area (Å²) in [4.78, 5) is 13.0. The van der Waals surface area contributed by atoms with Crippen LogP contribution in [0.5, 0.6) is 0 Å². The molecule has 0 aromatic heterocycles. The van der Waals surface area contributed by atoms with E-state index < -0.39 is 0 Å². The maximum atomic E-state index is 9.69. The van der Waals surface area contributed by atoms with Gasteiger partial charge in [0.2, 0.25) is 6.08 Å². The van der Waals surface area contributed by atoms with Crippen LogP contribution in [-0.4, -0.2) is 6.08 Å². The van der Waals surface area contributed by atoms with E-state index in [1.54, 1.807) is 18.2 Å². The van der Waals surface area contributed by atoms with E-state index in [0.29, 0.717) is 5.02 Å². The minimum Gasteiger partial charge on any atom is -0.211 e. The van der Waals surface area contributed by atoms with E-state index in [1.807, 2.05) is 12.1 Å². The number of halogens is 1. The van der Waals surface area contributed by atoms with Gasteiger partial charge >= 0.3 is 0 Å². The summed E-state index contributed by atoms with van der Waals surface area (Å²) >= 11 is 5.72. The van der Waals surface area contributed by atoms with Gasteiger partial charge in [0.1, 0.15) is 0 Å². The Labute approximate surface area is 75.2 Å². The van der Waals surface area contributed by atoms with E-state index in [2.05, 4.69) is 4.99 Å². The number of benzene rings is 1. The number of carbonyl (C=O) groups excluding carboxylic acids is 1. The van der Waals surface area contributed by atoms with Crippen LogP contribution < -0.4 is 0 Å². The molecule has 60 valence electrons. The molecule has 0 radical (unpaired) electrons. The highest BCUT2D eigenvalue weighted by Gasteiger charge is 1.86. The van der Waals surface area contributed by atoms with Crippen LogP contribution in [0, 0.1) is 0 Å². The summed E-state index contributed by atoms with van der Waals surface area (Å²) < 4.78 is 0. The number of isocyanates is 1. The minimum absolute atomic E-state index is 0.659. The fourth-order valence-electron chi connectivity index (χ4n) is 0.764. The summed E-state index contributed by atoms with van der Waals surface area (Å²) in [5.41, 5.74) is 0.904. The molecule has 0 heterocycles. The van der Waals surface area contributed by atoms with Gasteiger partial charge in [0, 0.05) is 11.2 Å². The van der Waals surface area contributed by atoms with Crippen molar-refractivity contribution < 1.29 is 4.79 Å². The summed E-state index contributed by atoms with van der Waals surface area (Å²) in [5.74, 6) is 0. The van der Waals surface area contributed by atoms with Gasteiger partial charge in [0.05, 0.1) is 0 Å². The molecule has 0 amide bonds. The Hall–Kier alpha value is -1.37. The van der Waals surface area contributed by atoms with Crippen molar-refractivity contribution in [3.8, 4) is 0 Å². The number of hydrogen-bond acceptors (Lipinski definition) is 2. The Morgan fingerprint density at radius 1 is 1.50 bits per heavy atom. The van der Waals surface area contributed by atoms with Crippen LogP contribution in [0.15, 0.2) is 35.5 Å². The zero-order chi connectivity index (χ0) is 8.81. The quantitative estimate of drug-likeness (QED) is 0.507. The molecule has 0 saturated carbocycles. The normalized spacial score (nSPS) is 9.75. The summed E-state index contributed by atoms with van der Waals surface area (Å²) in [7, 11) is 0. The lowest BCUT2D eigenvalue weighted by molar-refractivity contribution is 0.565. The summed E-state index contributed by atoms with van der Waals surface area (Å²) in [6, 6.07) is 7.25. The van der Waals surface area contributed by atoms with Crippen molar-refractivity contribution in [2.75, 3.05) is 0 Å². The predicted molar refractivity (Wildman–Crippen MR) is 48.6 cm³/mol. The number of rotatable bonds is 2. The molecule has 1 aromatic rings. The summed E-state index contributed by atoms with van der Waals surface area (Å²) in [6.45, 7) is 0. The molecule has 0 bridgehead atoms. The smallest absolute Gasteiger partial charge is 0.211 e. The number of hydrogen-bond donors (Lipinski definition) is 0.